The molecular weight excluding hydrogens is 294 g/mol. The molecule has 1 nitrogen and oxygen atoms in total. The first kappa shape index (κ1) is 14.6. The normalized spacial score (nSPS) is 18.5. The molecule has 0 radical (unpaired) electrons. The second-order valence-electron chi connectivity index (χ2n) is 5.30. The molecule has 0 fully saturated rings. The van der Waals surface area contributed by atoms with Crippen LogP contribution < -0.4 is 4.72 Å². The van der Waals surface area contributed by atoms with E-state index in [1.54, 1.807) is 11.9 Å². The van der Waals surface area contributed by atoms with Gasteiger partial charge in [0.15, 0.2) is 0 Å². The largest absolute Gasteiger partial charge is 0.255 e. The van der Waals surface area contributed by atoms with Gasteiger partial charge in [0, 0.05) is 26.9 Å². The van der Waals surface area contributed by atoms with Crippen LogP contribution in [0.1, 0.15) is 18.7 Å². The van der Waals surface area contributed by atoms with Crippen LogP contribution in [-0.2, 0) is 6.54 Å². The fourth-order valence-electron chi connectivity index (χ4n) is 2.31. The first-order valence-electron chi connectivity index (χ1n) is 7.16. The molecule has 1 aromatic carbocycles. The van der Waals surface area contributed by atoms with Gasteiger partial charge in [0.05, 0.1) is 0 Å². The minimum Gasteiger partial charge on any atom is -0.255 e. The zero-order valence-electron chi connectivity index (χ0n) is 12.3. The molecule has 3 heteroatoms. The average Bonchev–Trinajstić information content (AvgIpc) is 2.81. The van der Waals surface area contributed by atoms with Gasteiger partial charge in [-0.25, -0.2) is 0 Å². The molecule has 1 aliphatic rings. The number of hydrogen-bond acceptors (Lipinski definition) is 3. The second-order valence-corrected chi connectivity index (χ2v) is 7.44. The highest BCUT2D eigenvalue weighted by atomic mass is 32.2. The van der Waals surface area contributed by atoms with Gasteiger partial charge in [0.2, 0.25) is 0 Å². The summed E-state index contributed by atoms with van der Waals surface area (Å²) in [5.74, 6) is 0.471. The first-order chi connectivity index (χ1) is 10.2. The van der Waals surface area contributed by atoms with Crippen molar-refractivity contribution in [2.45, 2.75) is 20.4 Å². The highest BCUT2D eigenvalue weighted by Gasteiger charge is 2.09. The third-order valence-electron chi connectivity index (χ3n) is 3.49. The topological polar surface area (TPSA) is 12.0 Å². The van der Waals surface area contributed by atoms with Gasteiger partial charge in [-0.1, -0.05) is 48.9 Å². The zero-order valence-corrected chi connectivity index (χ0v) is 13.9. The van der Waals surface area contributed by atoms with Crippen molar-refractivity contribution in [3.63, 3.8) is 0 Å². The molecule has 0 bridgehead atoms. The molecule has 0 spiro atoms. The number of hydrogen-bond donors (Lipinski definition) is 1. The Morgan fingerprint density at radius 2 is 2.14 bits per heavy atom. The van der Waals surface area contributed by atoms with Gasteiger partial charge in [-0.2, -0.15) is 0 Å². The van der Waals surface area contributed by atoms with Gasteiger partial charge in [-0.05, 0) is 42.5 Å². The Kier molecular flexibility index (Phi) is 4.63. The average molecular weight is 313 g/mol. The Balaban J connectivity index is 1.63. The lowest BCUT2D eigenvalue weighted by Crippen LogP contribution is -2.05. The van der Waals surface area contributed by atoms with Crippen molar-refractivity contribution >= 4 is 33.4 Å². The number of thiophene rings is 1. The second kappa shape index (κ2) is 6.65. The van der Waals surface area contributed by atoms with Gasteiger partial charge in [0.1, 0.15) is 0 Å². The molecule has 21 heavy (non-hydrogen) atoms. The van der Waals surface area contributed by atoms with Gasteiger partial charge in [-0.15, -0.1) is 11.3 Å². The predicted octanol–water partition coefficient (Wildman–Crippen LogP) is 5.68. The van der Waals surface area contributed by atoms with Crippen LogP contribution in [0.5, 0.6) is 0 Å². The third-order valence-corrected chi connectivity index (χ3v) is 5.62. The minimum atomic E-state index is 0.471. The summed E-state index contributed by atoms with van der Waals surface area (Å²) < 4.78 is 4.87. The maximum atomic E-state index is 3.51. The van der Waals surface area contributed by atoms with E-state index in [1.165, 1.54) is 25.4 Å². The number of nitrogens with one attached hydrogen (secondary N) is 1. The van der Waals surface area contributed by atoms with Gasteiger partial charge >= 0.3 is 0 Å². The molecule has 1 atom stereocenters. The highest BCUT2D eigenvalue weighted by molar-refractivity contribution is 8.01. The molecule has 1 heterocycles. The standard InChI is InChI=1S/C18H19NS2/c1-13-6-5-7-14(2)18(10-13)21-19-12-16-11-15-8-3-4-9-17(15)20-16/h3-11,14,19H,12H2,1-2H3. The molecule has 0 aliphatic heterocycles. The maximum Gasteiger partial charge on any atom is 0.0407 e. The summed E-state index contributed by atoms with van der Waals surface area (Å²) in [4.78, 5) is 2.76. The van der Waals surface area contributed by atoms with Crippen molar-refractivity contribution in [2.75, 3.05) is 0 Å². The monoisotopic (exact) mass is 313 g/mol. The minimum absolute atomic E-state index is 0.471. The van der Waals surface area contributed by atoms with Crippen LogP contribution in [-0.4, -0.2) is 0 Å². The molecule has 0 saturated carbocycles. The summed E-state index contributed by atoms with van der Waals surface area (Å²) in [5, 5.41) is 1.34. The van der Waals surface area contributed by atoms with E-state index in [9.17, 15) is 0 Å². The molecule has 2 aromatic rings. The molecule has 1 aromatic heterocycles. The Bertz CT molecular complexity index is 689. The van der Waals surface area contributed by atoms with Crippen LogP contribution in [0.15, 0.2) is 65.1 Å². The molecule has 1 aliphatic carbocycles. The predicted molar refractivity (Wildman–Crippen MR) is 96.4 cm³/mol. The molecule has 1 N–H and O–H groups in total. The van der Waals surface area contributed by atoms with E-state index in [4.69, 9.17) is 0 Å². The Hall–Kier alpha value is -1.29. The fraction of sp³-hybridized carbons (Fsp3) is 0.222. The summed E-state index contributed by atoms with van der Waals surface area (Å²) in [6, 6.07) is 10.8. The Morgan fingerprint density at radius 3 is 3.00 bits per heavy atom. The molecule has 0 saturated heterocycles. The molecule has 0 amide bonds. The van der Waals surface area contributed by atoms with Crippen molar-refractivity contribution in [2.24, 2.45) is 5.92 Å². The lowest BCUT2D eigenvalue weighted by Gasteiger charge is -2.11. The van der Waals surface area contributed by atoms with Crippen LogP contribution in [0.25, 0.3) is 10.1 Å². The van der Waals surface area contributed by atoms with Crippen molar-refractivity contribution in [1.82, 2.24) is 4.72 Å². The maximum absolute atomic E-state index is 3.51. The number of benzene rings is 1. The summed E-state index contributed by atoms with van der Waals surface area (Å²) in [6.45, 7) is 5.29. The first-order valence-corrected chi connectivity index (χ1v) is 8.79. The SMILES string of the molecule is CC1=CC=CC(C)C(SNCc2cc3ccccc3s2)=C1. The summed E-state index contributed by atoms with van der Waals surface area (Å²) in [5.41, 5.74) is 1.31. The number of rotatable bonds is 4. The Labute approximate surface area is 134 Å². The lowest BCUT2D eigenvalue weighted by atomic mass is 10.1. The number of allylic oxidation sites excluding steroid dienone is 6. The molecular formula is C18H19NS2. The lowest BCUT2D eigenvalue weighted by molar-refractivity contribution is 0.914. The van der Waals surface area contributed by atoms with E-state index in [2.05, 4.69) is 73.2 Å². The molecule has 108 valence electrons. The van der Waals surface area contributed by atoms with E-state index >= 15 is 0 Å². The van der Waals surface area contributed by atoms with Crippen LogP contribution in [0.3, 0.4) is 0 Å². The van der Waals surface area contributed by atoms with Crippen LogP contribution in [0, 0.1) is 5.92 Å². The van der Waals surface area contributed by atoms with Crippen molar-refractivity contribution in [1.29, 1.82) is 0 Å². The highest BCUT2D eigenvalue weighted by Crippen LogP contribution is 2.29. The van der Waals surface area contributed by atoms with Crippen molar-refractivity contribution in [3.05, 3.63) is 70.0 Å². The van der Waals surface area contributed by atoms with E-state index < -0.39 is 0 Å². The smallest absolute Gasteiger partial charge is 0.0407 e. The van der Waals surface area contributed by atoms with Crippen LogP contribution in [0.4, 0.5) is 0 Å². The van der Waals surface area contributed by atoms with Crippen LogP contribution in [0.2, 0.25) is 0 Å². The molecule has 1 unspecified atom stereocenters. The summed E-state index contributed by atoms with van der Waals surface area (Å²) in [7, 11) is 0. The summed E-state index contributed by atoms with van der Waals surface area (Å²) >= 11 is 3.62. The van der Waals surface area contributed by atoms with Crippen molar-refractivity contribution < 1.29 is 0 Å². The summed E-state index contributed by atoms with van der Waals surface area (Å²) in [6.07, 6.45) is 8.83. The fourth-order valence-corrected chi connectivity index (χ4v) is 4.31. The Morgan fingerprint density at radius 1 is 1.29 bits per heavy atom. The quantitative estimate of drug-likeness (QED) is 0.729. The van der Waals surface area contributed by atoms with Crippen molar-refractivity contribution in [3.8, 4) is 0 Å². The van der Waals surface area contributed by atoms with Crippen LogP contribution >= 0.6 is 23.3 Å². The number of fused-ring (bicyclic) bond motifs is 1. The van der Waals surface area contributed by atoms with E-state index in [-0.39, 0.29) is 0 Å². The zero-order chi connectivity index (χ0) is 14.7. The van der Waals surface area contributed by atoms with Gasteiger partial charge < -0.3 is 0 Å². The van der Waals surface area contributed by atoms with Gasteiger partial charge in [0.25, 0.3) is 0 Å². The van der Waals surface area contributed by atoms with E-state index in [0.717, 1.165) is 6.54 Å². The third kappa shape index (κ3) is 3.67. The van der Waals surface area contributed by atoms with E-state index in [1.807, 2.05) is 11.3 Å². The van der Waals surface area contributed by atoms with Gasteiger partial charge in [-0.3, -0.25) is 4.72 Å². The van der Waals surface area contributed by atoms with E-state index in [0.29, 0.717) is 5.92 Å². The molecule has 3 rings (SSSR count).